The number of hydrogen-bond donors (Lipinski definition) is 1. The second-order valence-electron chi connectivity index (χ2n) is 4.19. The van der Waals surface area contributed by atoms with Gasteiger partial charge in [-0.25, -0.2) is 9.78 Å². The lowest BCUT2D eigenvalue weighted by atomic mass is 9.98. The number of halogens is 1. The van der Waals surface area contributed by atoms with E-state index in [1.165, 1.54) is 12.5 Å². The van der Waals surface area contributed by atoms with Gasteiger partial charge in [-0.15, -0.1) is 0 Å². The average Bonchev–Trinajstić information content (AvgIpc) is 2.32. The number of aromatic nitrogens is 1. The summed E-state index contributed by atoms with van der Waals surface area (Å²) in [6.07, 6.45) is 7.15. The molecule has 0 bridgehead atoms. The first-order valence-corrected chi connectivity index (χ1v) is 6.51. The Hall–Kier alpha value is -1.10. The predicted octanol–water partition coefficient (Wildman–Crippen LogP) is 3.25. The van der Waals surface area contributed by atoms with Crippen molar-refractivity contribution in [2.75, 3.05) is 0 Å². The molecule has 1 heterocycles. The number of carboxylic acids is 1. The van der Waals surface area contributed by atoms with Crippen LogP contribution in [0.4, 0.5) is 0 Å². The standard InChI is InChI=1S/C12H14BrNO3/c13-8-6-10(12(15)16)11(14-7-8)17-9-4-2-1-3-5-9/h6-7,9H,1-5H2,(H,15,16). The Morgan fingerprint density at radius 3 is 2.76 bits per heavy atom. The Balaban J connectivity index is 2.16. The van der Waals surface area contributed by atoms with Gasteiger partial charge in [0.25, 0.3) is 0 Å². The van der Waals surface area contributed by atoms with Crippen LogP contribution in [0.15, 0.2) is 16.7 Å². The minimum Gasteiger partial charge on any atom is -0.477 e. The lowest BCUT2D eigenvalue weighted by molar-refractivity contribution is 0.0683. The molecule has 1 aromatic heterocycles. The van der Waals surface area contributed by atoms with E-state index in [0.717, 1.165) is 25.7 Å². The van der Waals surface area contributed by atoms with Crippen molar-refractivity contribution in [3.05, 3.63) is 22.3 Å². The van der Waals surface area contributed by atoms with E-state index in [-0.39, 0.29) is 17.5 Å². The highest BCUT2D eigenvalue weighted by Crippen LogP contribution is 2.26. The monoisotopic (exact) mass is 299 g/mol. The molecule has 5 heteroatoms. The molecular formula is C12H14BrNO3. The summed E-state index contributed by atoms with van der Waals surface area (Å²) in [5.74, 6) is -0.780. The SMILES string of the molecule is O=C(O)c1cc(Br)cnc1OC1CCCCC1. The van der Waals surface area contributed by atoms with Crippen molar-refractivity contribution in [1.82, 2.24) is 4.98 Å². The number of carbonyl (C=O) groups is 1. The maximum Gasteiger partial charge on any atom is 0.341 e. The summed E-state index contributed by atoms with van der Waals surface area (Å²) in [7, 11) is 0. The summed E-state index contributed by atoms with van der Waals surface area (Å²) in [6.45, 7) is 0. The third-order valence-corrected chi connectivity index (χ3v) is 3.31. The van der Waals surface area contributed by atoms with Gasteiger partial charge >= 0.3 is 5.97 Å². The molecule has 0 unspecified atom stereocenters. The highest BCUT2D eigenvalue weighted by molar-refractivity contribution is 9.10. The Morgan fingerprint density at radius 1 is 1.41 bits per heavy atom. The minimum atomic E-state index is -1.01. The summed E-state index contributed by atoms with van der Waals surface area (Å²) < 4.78 is 6.33. The van der Waals surface area contributed by atoms with Crippen LogP contribution in [0.2, 0.25) is 0 Å². The number of hydrogen-bond acceptors (Lipinski definition) is 3. The lowest BCUT2D eigenvalue weighted by Gasteiger charge is -2.22. The largest absolute Gasteiger partial charge is 0.477 e. The van der Waals surface area contributed by atoms with Crippen molar-refractivity contribution in [3.8, 4) is 5.88 Å². The lowest BCUT2D eigenvalue weighted by Crippen LogP contribution is -2.21. The zero-order chi connectivity index (χ0) is 12.3. The normalized spacial score (nSPS) is 16.8. The van der Waals surface area contributed by atoms with Crippen molar-refractivity contribution in [2.24, 2.45) is 0 Å². The summed E-state index contributed by atoms with van der Waals surface area (Å²) in [6, 6.07) is 1.52. The Kier molecular flexibility index (Phi) is 3.99. The predicted molar refractivity (Wildman–Crippen MR) is 66.4 cm³/mol. The fourth-order valence-electron chi connectivity index (χ4n) is 2.01. The van der Waals surface area contributed by atoms with Gasteiger partial charge in [0, 0.05) is 10.7 Å². The van der Waals surface area contributed by atoms with Crippen molar-refractivity contribution in [3.63, 3.8) is 0 Å². The number of pyridine rings is 1. The zero-order valence-electron chi connectivity index (χ0n) is 9.36. The highest BCUT2D eigenvalue weighted by atomic mass is 79.9. The molecule has 1 aliphatic carbocycles. The highest BCUT2D eigenvalue weighted by Gasteiger charge is 2.20. The van der Waals surface area contributed by atoms with E-state index in [2.05, 4.69) is 20.9 Å². The summed E-state index contributed by atoms with van der Waals surface area (Å²) >= 11 is 3.21. The average molecular weight is 300 g/mol. The molecular weight excluding hydrogens is 286 g/mol. The van der Waals surface area contributed by atoms with Crippen LogP contribution >= 0.6 is 15.9 Å². The fraction of sp³-hybridized carbons (Fsp3) is 0.500. The van der Waals surface area contributed by atoms with E-state index in [0.29, 0.717) is 4.47 Å². The van der Waals surface area contributed by atoms with E-state index in [9.17, 15) is 4.79 Å². The quantitative estimate of drug-likeness (QED) is 0.931. The van der Waals surface area contributed by atoms with Crippen LogP contribution in [0, 0.1) is 0 Å². The molecule has 2 rings (SSSR count). The van der Waals surface area contributed by atoms with Gasteiger partial charge in [-0.05, 0) is 47.7 Å². The van der Waals surface area contributed by atoms with Gasteiger partial charge in [0.2, 0.25) is 5.88 Å². The summed E-state index contributed by atoms with van der Waals surface area (Å²) in [5.41, 5.74) is 0.116. The molecule has 0 saturated heterocycles. The summed E-state index contributed by atoms with van der Waals surface area (Å²) in [4.78, 5) is 15.1. The van der Waals surface area contributed by atoms with Crippen LogP contribution < -0.4 is 4.74 Å². The van der Waals surface area contributed by atoms with Gasteiger partial charge in [-0.2, -0.15) is 0 Å². The molecule has 0 radical (unpaired) electrons. The Bertz CT molecular complexity index is 416. The maximum atomic E-state index is 11.1. The van der Waals surface area contributed by atoms with Crippen molar-refractivity contribution in [1.29, 1.82) is 0 Å². The van der Waals surface area contributed by atoms with E-state index >= 15 is 0 Å². The van der Waals surface area contributed by atoms with Crippen LogP contribution in [-0.4, -0.2) is 22.2 Å². The smallest absolute Gasteiger partial charge is 0.341 e. The van der Waals surface area contributed by atoms with E-state index in [1.807, 2.05) is 0 Å². The second-order valence-corrected chi connectivity index (χ2v) is 5.10. The molecule has 1 fully saturated rings. The van der Waals surface area contributed by atoms with E-state index in [1.54, 1.807) is 6.20 Å². The number of carboxylic acid groups (broad SMARTS) is 1. The second kappa shape index (κ2) is 5.49. The Labute approximate surface area is 108 Å². The van der Waals surface area contributed by atoms with Gasteiger partial charge in [-0.3, -0.25) is 0 Å². The molecule has 1 aromatic rings. The molecule has 1 N–H and O–H groups in total. The third-order valence-electron chi connectivity index (χ3n) is 2.88. The first-order chi connectivity index (χ1) is 8.16. The number of ether oxygens (including phenoxy) is 1. The van der Waals surface area contributed by atoms with Gasteiger partial charge in [0.05, 0.1) is 0 Å². The minimum absolute atomic E-state index is 0.107. The van der Waals surface area contributed by atoms with Gasteiger partial charge in [-0.1, -0.05) is 6.42 Å². The molecule has 92 valence electrons. The molecule has 0 amide bonds. The van der Waals surface area contributed by atoms with E-state index in [4.69, 9.17) is 9.84 Å². The summed E-state index contributed by atoms with van der Waals surface area (Å²) in [5, 5.41) is 9.08. The van der Waals surface area contributed by atoms with Crippen LogP contribution in [0.25, 0.3) is 0 Å². The number of rotatable bonds is 3. The number of aromatic carboxylic acids is 1. The van der Waals surface area contributed by atoms with Crippen LogP contribution in [0.5, 0.6) is 5.88 Å². The molecule has 1 saturated carbocycles. The van der Waals surface area contributed by atoms with Gasteiger partial charge in [0.15, 0.2) is 0 Å². The van der Waals surface area contributed by atoms with Crippen molar-refractivity contribution >= 4 is 21.9 Å². The molecule has 0 aromatic carbocycles. The van der Waals surface area contributed by atoms with Crippen LogP contribution in [0.3, 0.4) is 0 Å². The fourth-order valence-corrected chi connectivity index (χ4v) is 2.35. The number of nitrogens with zero attached hydrogens (tertiary/aromatic N) is 1. The van der Waals surface area contributed by atoms with Gasteiger partial charge < -0.3 is 9.84 Å². The molecule has 1 aliphatic rings. The first-order valence-electron chi connectivity index (χ1n) is 5.72. The maximum absolute atomic E-state index is 11.1. The molecule has 0 spiro atoms. The first kappa shape index (κ1) is 12.4. The van der Waals surface area contributed by atoms with Crippen LogP contribution in [-0.2, 0) is 0 Å². The zero-order valence-corrected chi connectivity index (χ0v) is 10.9. The third kappa shape index (κ3) is 3.19. The Morgan fingerprint density at radius 2 is 2.12 bits per heavy atom. The van der Waals surface area contributed by atoms with E-state index < -0.39 is 5.97 Å². The molecule has 0 aliphatic heterocycles. The molecule has 0 atom stereocenters. The van der Waals surface area contributed by atoms with Crippen LogP contribution in [0.1, 0.15) is 42.5 Å². The van der Waals surface area contributed by atoms with Crippen molar-refractivity contribution in [2.45, 2.75) is 38.2 Å². The molecule has 17 heavy (non-hydrogen) atoms. The molecule has 4 nitrogen and oxygen atoms in total. The topological polar surface area (TPSA) is 59.4 Å². The van der Waals surface area contributed by atoms with Gasteiger partial charge in [0.1, 0.15) is 11.7 Å². The van der Waals surface area contributed by atoms with Crippen molar-refractivity contribution < 1.29 is 14.6 Å².